The van der Waals surface area contributed by atoms with Gasteiger partial charge in [0.05, 0.1) is 16.7 Å². The lowest BCUT2D eigenvalue weighted by atomic mass is 10.1. The summed E-state index contributed by atoms with van der Waals surface area (Å²) in [5.74, 6) is 0.852. The number of para-hydroxylation sites is 1. The maximum atomic E-state index is 4.76. The van der Waals surface area contributed by atoms with Crippen molar-refractivity contribution in [1.82, 2.24) is 15.0 Å². The van der Waals surface area contributed by atoms with Gasteiger partial charge in [-0.25, -0.2) is 0 Å². The van der Waals surface area contributed by atoms with E-state index in [0.29, 0.717) is 6.54 Å². The fourth-order valence-electron chi connectivity index (χ4n) is 5.83. The molecule has 204 valence electrons. The number of rotatable bonds is 6. The minimum Gasteiger partial charge on any atom is -0.320 e. The summed E-state index contributed by atoms with van der Waals surface area (Å²) < 4.78 is 2.38. The van der Waals surface area contributed by atoms with E-state index in [1.807, 2.05) is 37.5 Å². The van der Waals surface area contributed by atoms with E-state index in [0.717, 1.165) is 40.1 Å². The van der Waals surface area contributed by atoms with Gasteiger partial charge in [0.1, 0.15) is 0 Å². The number of allylic oxidation sites excluding steroid dienone is 3. The zero-order valence-electron chi connectivity index (χ0n) is 23.5. The van der Waals surface area contributed by atoms with Gasteiger partial charge in [0.25, 0.3) is 0 Å². The fraction of sp³-hybridized carbons (Fsp3) is 0.0811. The molecule has 4 aromatic carbocycles. The highest BCUT2D eigenvalue weighted by molar-refractivity contribution is 6.10. The van der Waals surface area contributed by atoms with Crippen LogP contribution >= 0.6 is 0 Å². The molecule has 0 saturated carbocycles. The topological polar surface area (TPSA) is 45.5 Å². The van der Waals surface area contributed by atoms with E-state index < -0.39 is 0 Å². The summed E-state index contributed by atoms with van der Waals surface area (Å²) >= 11 is 0. The summed E-state index contributed by atoms with van der Waals surface area (Å²) in [4.78, 5) is 6.79. The predicted octanol–water partition coefficient (Wildman–Crippen LogP) is 7.89. The minimum absolute atomic E-state index is 0.649. The summed E-state index contributed by atoms with van der Waals surface area (Å²) in [6, 6.07) is 38.4. The Morgan fingerprint density at radius 2 is 1.71 bits per heavy atom. The number of amidine groups is 1. The molecule has 1 aliphatic rings. The predicted molar refractivity (Wildman–Crippen MR) is 175 cm³/mol. The average molecular weight is 546 g/mol. The Hall–Kier alpha value is -5.42. The second kappa shape index (κ2) is 11.2. The molecule has 1 aliphatic carbocycles. The van der Waals surface area contributed by atoms with E-state index in [9.17, 15) is 0 Å². The molecular weight excluding hydrogens is 514 g/mol. The highest BCUT2D eigenvalue weighted by atomic mass is 15.3. The number of benzene rings is 4. The molecule has 5 heteroatoms. The smallest absolute Gasteiger partial charge is 0.160 e. The Kier molecular flexibility index (Phi) is 6.82. The van der Waals surface area contributed by atoms with Gasteiger partial charge in [-0.1, -0.05) is 85.0 Å². The first kappa shape index (κ1) is 25.5. The highest BCUT2D eigenvalue weighted by Crippen LogP contribution is 2.33. The number of fused-ring (bicyclic) bond motifs is 4. The fourth-order valence-corrected chi connectivity index (χ4v) is 5.83. The zero-order chi connectivity index (χ0) is 28.3. The van der Waals surface area contributed by atoms with Gasteiger partial charge >= 0.3 is 0 Å². The largest absolute Gasteiger partial charge is 0.320 e. The van der Waals surface area contributed by atoms with Crippen LogP contribution in [-0.2, 0) is 13.0 Å². The molecule has 0 radical (unpaired) electrons. The average Bonchev–Trinajstić information content (AvgIpc) is 3.17. The number of nitrogens with one attached hydrogen (secondary N) is 1. The third kappa shape index (κ3) is 4.75. The Labute approximate surface area is 245 Å². The first-order valence-corrected chi connectivity index (χ1v) is 14.3. The van der Waals surface area contributed by atoms with Gasteiger partial charge in [0.2, 0.25) is 0 Å². The molecule has 1 N–H and O–H groups in total. The molecule has 7 rings (SSSR count). The summed E-state index contributed by atoms with van der Waals surface area (Å²) in [5, 5.41) is 7.15. The number of anilines is 1. The van der Waals surface area contributed by atoms with Gasteiger partial charge in [0.15, 0.2) is 5.84 Å². The van der Waals surface area contributed by atoms with Gasteiger partial charge in [0, 0.05) is 47.5 Å². The van der Waals surface area contributed by atoms with Gasteiger partial charge in [-0.05, 0) is 66.1 Å². The van der Waals surface area contributed by atoms with Crippen molar-refractivity contribution in [3.63, 3.8) is 0 Å². The Bertz CT molecular complexity index is 1960. The lowest BCUT2D eigenvalue weighted by molar-refractivity contribution is 0.878. The summed E-state index contributed by atoms with van der Waals surface area (Å²) in [6.07, 6.45) is 11.5. The molecule has 0 saturated heterocycles. The lowest BCUT2D eigenvalue weighted by Crippen LogP contribution is -2.32. The van der Waals surface area contributed by atoms with Crippen LogP contribution in [0.2, 0.25) is 0 Å². The first-order chi connectivity index (χ1) is 20.8. The molecule has 5 nitrogen and oxygen atoms in total. The van der Waals surface area contributed by atoms with Gasteiger partial charge < -0.3 is 14.9 Å². The SMILES string of the molecule is CN/N=C(/c1ccccc1)N(Cc1ccc(-n2c3c(c4ccccc42)CC=CC=C3)cc1)c1ccc2ncccc2c1. The molecule has 0 bridgehead atoms. The molecule has 2 aromatic heterocycles. The van der Waals surface area contributed by atoms with Crippen LogP contribution in [0.25, 0.3) is 33.6 Å². The molecule has 0 atom stereocenters. The van der Waals surface area contributed by atoms with E-state index in [1.54, 1.807) is 0 Å². The van der Waals surface area contributed by atoms with Gasteiger partial charge in [-0.2, -0.15) is 5.10 Å². The van der Waals surface area contributed by atoms with Crippen LogP contribution in [0.15, 0.2) is 139 Å². The van der Waals surface area contributed by atoms with Gasteiger partial charge in [-0.3, -0.25) is 4.98 Å². The van der Waals surface area contributed by atoms with E-state index in [-0.39, 0.29) is 0 Å². The van der Waals surface area contributed by atoms with Crippen molar-refractivity contribution < 1.29 is 0 Å². The summed E-state index contributed by atoms with van der Waals surface area (Å²) in [7, 11) is 1.84. The molecule has 42 heavy (non-hydrogen) atoms. The van der Waals surface area contributed by atoms with Crippen LogP contribution in [-0.4, -0.2) is 22.4 Å². The summed E-state index contributed by atoms with van der Waals surface area (Å²) in [5.41, 5.74) is 12.3. The van der Waals surface area contributed by atoms with Crippen LogP contribution in [0.1, 0.15) is 22.4 Å². The van der Waals surface area contributed by atoms with Crippen molar-refractivity contribution in [3.8, 4) is 5.69 Å². The Morgan fingerprint density at radius 3 is 2.57 bits per heavy atom. The molecule has 0 spiro atoms. The quantitative estimate of drug-likeness (QED) is 0.131. The third-order valence-electron chi connectivity index (χ3n) is 7.78. The maximum Gasteiger partial charge on any atom is 0.160 e. The standard InChI is InChI=1S/C37H31N5/c1-38-40-37(28-11-4-2-5-12-28)41(31-22-23-34-29(25-31)13-10-24-39-34)26-27-18-20-30(21-19-27)42-35-16-7-3-6-14-32(35)33-15-8-9-17-36(33)42/h2-13,15-25,38H,14,26H2,1H3/b40-37-. The van der Waals surface area contributed by atoms with E-state index in [1.165, 1.54) is 27.7 Å². The molecule has 6 aromatic rings. The molecule has 0 unspecified atom stereocenters. The van der Waals surface area contributed by atoms with Crippen LogP contribution < -0.4 is 10.3 Å². The number of hydrogen-bond acceptors (Lipinski definition) is 3. The van der Waals surface area contributed by atoms with Crippen LogP contribution in [0.5, 0.6) is 0 Å². The van der Waals surface area contributed by atoms with Crippen molar-refractivity contribution >= 4 is 39.4 Å². The monoisotopic (exact) mass is 545 g/mol. The van der Waals surface area contributed by atoms with Crippen molar-refractivity contribution in [2.45, 2.75) is 13.0 Å². The zero-order valence-corrected chi connectivity index (χ0v) is 23.5. The first-order valence-electron chi connectivity index (χ1n) is 14.3. The molecule has 0 aliphatic heterocycles. The van der Waals surface area contributed by atoms with Crippen LogP contribution in [0, 0.1) is 0 Å². The molecular formula is C37H31N5. The van der Waals surface area contributed by atoms with Crippen molar-refractivity contribution in [1.29, 1.82) is 0 Å². The third-order valence-corrected chi connectivity index (χ3v) is 7.78. The second-order valence-corrected chi connectivity index (χ2v) is 10.4. The van der Waals surface area contributed by atoms with Crippen LogP contribution in [0.4, 0.5) is 5.69 Å². The molecule has 0 amide bonds. The van der Waals surface area contributed by atoms with Crippen molar-refractivity contribution in [3.05, 3.63) is 156 Å². The molecule has 0 fully saturated rings. The minimum atomic E-state index is 0.649. The van der Waals surface area contributed by atoms with E-state index in [2.05, 4.69) is 129 Å². The Balaban J connectivity index is 1.30. The van der Waals surface area contributed by atoms with E-state index >= 15 is 0 Å². The normalized spacial score (nSPS) is 12.8. The summed E-state index contributed by atoms with van der Waals surface area (Å²) in [6.45, 7) is 0.649. The Morgan fingerprint density at radius 1 is 0.881 bits per heavy atom. The number of pyridine rings is 1. The van der Waals surface area contributed by atoms with Crippen LogP contribution in [0.3, 0.4) is 0 Å². The lowest BCUT2D eigenvalue weighted by Gasteiger charge is -2.27. The molecule has 2 heterocycles. The van der Waals surface area contributed by atoms with Gasteiger partial charge in [-0.15, -0.1) is 0 Å². The highest BCUT2D eigenvalue weighted by Gasteiger charge is 2.19. The van der Waals surface area contributed by atoms with E-state index in [4.69, 9.17) is 5.10 Å². The number of hydrazone groups is 1. The number of aromatic nitrogens is 2. The van der Waals surface area contributed by atoms with Crippen molar-refractivity contribution in [2.24, 2.45) is 5.10 Å². The maximum absolute atomic E-state index is 4.76. The second-order valence-electron chi connectivity index (χ2n) is 10.4. The number of hydrogen-bond donors (Lipinski definition) is 1. The van der Waals surface area contributed by atoms with Crippen molar-refractivity contribution in [2.75, 3.05) is 11.9 Å². The number of nitrogens with zero attached hydrogens (tertiary/aromatic N) is 4.